The smallest absolute Gasteiger partial charge is 0.459 e. The highest BCUT2D eigenvalue weighted by atomic mass is 79.9. The van der Waals surface area contributed by atoms with E-state index in [-0.39, 0.29) is 42.1 Å². The Kier molecular flexibility index (Phi) is 40.5. The molecule has 4 aromatic heterocycles. The van der Waals surface area contributed by atoms with Crippen LogP contribution >= 0.6 is 27.5 Å². The molecule has 0 saturated carbocycles. The summed E-state index contributed by atoms with van der Waals surface area (Å²) < 4.78 is 31.7. The molecule has 0 aliphatic carbocycles. The maximum absolute atomic E-state index is 12.9. The van der Waals surface area contributed by atoms with Crippen LogP contribution in [0.5, 0.6) is 5.75 Å². The summed E-state index contributed by atoms with van der Waals surface area (Å²) in [4.78, 5) is 73.7. The predicted molar refractivity (Wildman–Crippen MR) is 552 cm³/mol. The van der Waals surface area contributed by atoms with Crippen LogP contribution in [-0.2, 0) is 19.0 Å². The van der Waals surface area contributed by atoms with E-state index in [1.165, 1.54) is 104 Å². The van der Waals surface area contributed by atoms with Gasteiger partial charge >= 0.3 is 12.1 Å². The largest absolute Gasteiger partial charge is 0.521 e. The minimum absolute atomic E-state index is 0.0624. The number of carbonyl (C=O) groups excluding carboxylic acids is 4. The molecule has 738 valence electrons. The van der Waals surface area contributed by atoms with Crippen molar-refractivity contribution in [1.29, 1.82) is 0 Å². The Labute approximate surface area is 824 Å². The number of hydrogen-bond donors (Lipinski definition) is 0. The lowest BCUT2D eigenvalue weighted by molar-refractivity contribution is -1.00. The summed E-state index contributed by atoms with van der Waals surface area (Å²) in [5, 5.41) is 1.66. The van der Waals surface area contributed by atoms with Crippen molar-refractivity contribution in [3.63, 3.8) is 0 Å². The second kappa shape index (κ2) is 50.8. The first-order valence-electron chi connectivity index (χ1n) is 51.0. The van der Waals surface area contributed by atoms with E-state index in [0.29, 0.717) is 93.6 Å². The van der Waals surface area contributed by atoms with Gasteiger partial charge in [-0.15, -0.1) is 0 Å². The summed E-state index contributed by atoms with van der Waals surface area (Å²) in [6.45, 7) is 49.3. The van der Waals surface area contributed by atoms with Crippen molar-refractivity contribution in [2.24, 2.45) is 5.92 Å². The van der Waals surface area contributed by atoms with Crippen molar-refractivity contribution >= 4 is 68.0 Å². The normalized spacial score (nSPS) is 24.2. The third-order valence-corrected chi connectivity index (χ3v) is 30.9. The van der Waals surface area contributed by atoms with Gasteiger partial charge in [0.2, 0.25) is 5.91 Å². The third-order valence-electron chi connectivity index (χ3n) is 30.1. The first kappa shape index (κ1) is 108. The number of piperidine rings is 4. The molecule has 22 nitrogen and oxygen atoms in total. The average molecular weight is 1940 g/mol. The molecule has 4 aromatic carbocycles. The van der Waals surface area contributed by atoms with E-state index in [1.54, 1.807) is 18.3 Å². The summed E-state index contributed by atoms with van der Waals surface area (Å²) in [6, 6.07) is 49.1. The van der Waals surface area contributed by atoms with Crippen LogP contribution in [0.15, 0.2) is 181 Å². The standard InChI is InChI=1S/C23H31N3O2.C20H26N2O2.C17H25BrN2O2.C17H23ClN2O.2C13H21N2.C8H20NO/c1-19(2)26(23(27)7-3-4-13-25-14-16-28-17-15-25)22-10-8-20(9-11-22)21-6-5-12-24-18-21;1-13(2)22-12-18(17-6-4-5-7-19(17)22)20(23)24-16-10-14-8-9-15(11-16)21(14)3;1-14(2)19-8-3-9-20(12-10-19,13-11-19)17(21)22-16-6-4-15(18)5-7-16;1-12(2)20(16-11-19-9-7-13(16)8-10-19)17(21)14-3-5-15(18)6-4-14;1-11(2)15-9-4-6-12(10-15)13-7-5-8-14(13)3;1-11(2)15(3)9-5-7-13(15)12-6-4-8-14-10-12;1-8(2)10-7-6-9(3,4)5/h5-6,8-12,18-19H,3-4,7,13-17H2,1-2H3;4-7,12-16H,8-11H2,1-3H3;4-7,14H,3,8-13H2,1-2H3;3-6,12-13,16H,7-11H2,1-2H3;4,6,9-11,13H,5,7-8H2,1-3H3;4,6,8,10-11,13H,5,7,9H2,1-3H3;8H,6-7H2,1-5H3/q;;+2;;3*+1/t;14-,15?,16?;;16-;13-;13-,15?;/m.0.000./s1. The molecule has 135 heavy (non-hydrogen) atoms. The molecule has 19 rings (SSSR count). The van der Waals surface area contributed by atoms with Gasteiger partial charge in [0.1, 0.15) is 50.6 Å². The van der Waals surface area contributed by atoms with Crippen LogP contribution in [0, 0.1) is 5.92 Å². The second-order valence-corrected chi connectivity index (χ2v) is 43.9. The zero-order valence-electron chi connectivity index (χ0n) is 85.7. The number of likely N-dealkylation sites (tertiary alicyclic amines) is 2. The van der Waals surface area contributed by atoms with Crippen molar-refractivity contribution in [3.05, 3.63) is 209 Å². The number of esters is 1. The van der Waals surface area contributed by atoms with E-state index in [9.17, 15) is 19.2 Å². The lowest BCUT2D eigenvalue weighted by atomic mass is 9.82. The third kappa shape index (κ3) is 29.9. The number of likely N-dealkylation sites (N-methyl/N-ethyl adjacent to an activating group) is 1. The van der Waals surface area contributed by atoms with Crippen LogP contribution < -0.4 is 14.2 Å². The van der Waals surface area contributed by atoms with Gasteiger partial charge in [0.25, 0.3) is 5.91 Å². The number of hydrogen-bond acceptors (Lipinski definition) is 14. The van der Waals surface area contributed by atoms with Crippen molar-refractivity contribution in [1.82, 2.24) is 39.0 Å². The van der Waals surface area contributed by atoms with E-state index in [4.69, 9.17) is 30.5 Å². The van der Waals surface area contributed by atoms with Gasteiger partial charge in [0.05, 0.1) is 91.4 Å². The molecule has 11 fully saturated rings. The molecule has 8 aromatic rings. The number of anilines is 1. The molecule has 3 unspecified atom stereocenters. The average Bonchev–Trinajstić information content (AvgIpc) is 1.73. The maximum atomic E-state index is 12.9. The fourth-order valence-electron chi connectivity index (χ4n) is 21.4. The molecule has 11 saturated heterocycles. The second-order valence-electron chi connectivity index (χ2n) is 42.5. The monoisotopic (exact) mass is 1940 g/mol. The van der Waals surface area contributed by atoms with E-state index in [2.05, 4.69) is 254 Å². The van der Waals surface area contributed by atoms with Gasteiger partial charge in [-0.25, -0.2) is 13.8 Å². The first-order chi connectivity index (χ1) is 64.4. The number of rotatable bonds is 24. The highest BCUT2D eigenvalue weighted by Gasteiger charge is 2.53. The summed E-state index contributed by atoms with van der Waals surface area (Å²) in [5.41, 5.74) is 8.56. The van der Waals surface area contributed by atoms with Gasteiger partial charge in [-0.3, -0.25) is 29.4 Å². The lowest BCUT2D eigenvalue weighted by Crippen LogP contribution is -2.68. The summed E-state index contributed by atoms with van der Waals surface area (Å²) in [6.07, 6.45) is 30.1. The van der Waals surface area contributed by atoms with Crippen molar-refractivity contribution in [2.45, 2.75) is 265 Å². The number of nitrogens with zero attached hydrogens (tertiary/aromatic N) is 14. The number of halogens is 2. The van der Waals surface area contributed by atoms with Crippen LogP contribution in [0.3, 0.4) is 0 Å². The lowest BCUT2D eigenvalue weighted by Gasteiger charge is -2.50. The van der Waals surface area contributed by atoms with Crippen LogP contribution in [0.1, 0.15) is 243 Å². The molecule has 0 spiro atoms. The Bertz CT molecular complexity index is 4920. The number of aromatic nitrogens is 4. The predicted octanol–water partition coefficient (Wildman–Crippen LogP) is 20.9. The molecule has 11 aliphatic rings. The van der Waals surface area contributed by atoms with Crippen molar-refractivity contribution in [3.8, 4) is 16.9 Å². The topological polar surface area (TPSA) is 159 Å². The zero-order chi connectivity index (χ0) is 97.3. The number of carbonyl (C=O) groups is 4. The number of quaternary nitrogens is 4. The molecular formula is C111H167BrClN14O8+5. The van der Waals surface area contributed by atoms with Crippen LogP contribution in [0.4, 0.5) is 10.5 Å². The molecule has 0 radical (unpaired) electrons. The van der Waals surface area contributed by atoms with E-state index in [1.807, 2.05) is 109 Å². The molecule has 0 N–H and O–H groups in total. The highest BCUT2D eigenvalue weighted by molar-refractivity contribution is 9.10. The number of piperazine rings is 1. The Morgan fingerprint density at radius 3 is 1.87 bits per heavy atom. The molecule has 11 aliphatic heterocycles. The number of amides is 3. The molecule has 24 heteroatoms. The number of pyridine rings is 3. The van der Waals surface area contributed by atoms with Crippen molar-refractivity contribution in [2.75, 3.05) is 165 Å². The molecule has 15 heterocycles. The number of para-hydroxylation sites is 1. The quantitative estimate of drug-likeness (QED) is 0.0243. The van der Waals surface area contributed by atoms with Gasteiger partial charge in [0, 0.05) is 180 Å². The van der Waals surface area contributed by atoms with Gasteiger partial charge in [0.15, 0.2) is 18.4 Å². The van der Waals surface area contributed by atoms with Gasteiger partial charge in [-0.2, -0.15) is 4.79 Å². The van der Waals surface area contributed by atoms with E-state index < -0.39 is 0 Å². The summed E-state index contributed by atoms with van der Waals surface area (Å²) in [5.74, 6) is 1.47. The highest BCUT2D eigenvalue weighted by Crippen LogP contribution is 2.42. The van der Waals surface area contributed by atoms with E-state index in [0.717, 1.165) is 160 Å². The van der Waals surface area contributed by atoms with Crippen molar-refractivity contribution < 1.29 is 60.6 Å². The molecule has 6 bridgehead atoms. The molecule has 7 atom stereocenters. The minimum atomic E-state index is -0.167. The maximum Gasteiger partial charge on any atom is 0.521 e. The number of ether oxygens (including phenoxy) is 4. The van der Waals surface area contributed by atoms with Crippen LogP contribution in [0.2, 0.25) is 5.02 Å². The first-order valence-corrected chi connectivity index (χ1v) is 52.2. The molecular weight excluding hydrogens is 1770 g/mol. The number of fused-ring (bicyclic) bond motifs is 10. The Hall–Kier alpha value is -7.88. The summed E-state index contributed by atoms with van der Waals surface area (Å²) in [7, 11) is 13.3. The fourth-order valence-corrected chi connectivity index (χ4v) is 21.8. The molecule has 3 amide bonds. The van der Waals surface area contributed by atoms with Gasteiger partial charge in [-0.1, -0.05) is 70.0 Å². The van der Waals surface area contributed by atoms with Crippen LogP contribution in [-0.4, -0.2) is 296 Å². The SMILES string of the molecule is CC(C)N(C(=O)CCCCN1CCOCC1)c1ccc(-c2cccnc2)cc1.CC(C)N(C(=O)c1ccc(Cl)cc1)[C@H]1CN2CCC1CC2.CC(C)OCC[N+](C)(C)C.CC(C)[N+]1(C)CCC[C@H]1c1cccnc1.CC(C)[N+]12CCC[N+](C(=O)Oc3ccc(Br)cc3)(CC1)CC2.CC(C)[n+]1cccc([C@@H]2CCCN2C)c1.CC(C)n1cc(C(=O)OC2CC3CC[C@@H](C2)N3C)c2ccccc21. The Morgan fingerprint density at radius 2 is 1.30 bits per heavy atom. The Morgan fingerprint density at radius 1 is 0.644 bits per heavy atom. The van der Waals surface area contributed by atoms with Gasteiger partial charge in [-0.05, 0) is 291 Å². The van der Waals surface area contributed by atoms with Crippen LogP contribution in [0.25, 0.3) is 22.0 Å². The van der Waals surface area contributed by atoms with Gasteiger partial charge < -0.3 is 56.6 Å². The van der Waals surface area contributed by atoms with E-state index >= 15 is 0 Å². The number of benzene rings is 4. The summed E-state index contributed by atoms with van der Waals surface area (Å²) >= 11 is 9.33. The minimum Gasteiger partial charge on any atom is -0.459 e. The fraction of sp³-hybridized carbons (Fsp3) is 0.595. The zero-order valence-corrected chi connectivity index (χ0v) is 88.1. The Balaban J connectivity index is 0.000000154. The number of unbranched alkanes of at least 4 members (excludes halogenated alkanes) is 1. The number of morpholine rings is 1.